The maximum absolute atomic E-state index is 12.3. The molecule has 19 heavy (non-hydrogen) atoms. The van der Waals surface area contributed by atoms with Crippen LogP contribution in [0.25, 0.3) is 10.9 Å². The molecule has 1 N–H and O–H groups in total. The number of carbonyl (C=O) groups is 1. The Balaban J connectivity index is 2.15. The zero-order chi connectivity index (χ0) is 13.4. The quantitative estimate of drug-likeness (QED) is 0.713. The highest BCUT2D eigenvalue weighted by molar-refractivity contribution is 6.13. The van der Waals surface area contributed by atoms with Crippen molar-refractivity contribution < 1.29 is 9.90 Å². The molecule has 3 aromatic rings. The average Bonchev–Trinajstić information content (AvgIpc) is 2.81. The fraction of sp³-hybridized carbons (Fsp3) is 0.0667. The zero-order valence-corrected chi connectivity index (χ0v) is 10.4. The molecule has 0 radical (unpaired) electrons. The van der Waals surface area contributed by atoms with Gasteiger partial charge in [0.15, 0.2) is 5.78 Å². The van der Waals surface area contributed by atoms with E-state index in [1.807, 2.05) is 6.07 Å². The Morgan fingerprint density at radius 3 is 2.63 bits per heavy atom. The highest BCUT2D eigenvalue weighted by Crippen LogP contribution is 2.29. The molecule has 4 nitrogen and oxygen atoms in total. The first kappa shape index (κ1) is 11.5. The minimum absolute atomic E-state index is 0.0144. The lowest BCUT2D eigenvalue weighted by molar-refractivity contribution is 0.103. The SMILES string of the molecule is Cn1cc2c(O)c(C(=O)c3ccccc3)ccc2n1. The van der Waals surface area contributed by atoms with E-state index in [0.717, 1.165) is 0 Å². The number of hydrogen-bond acceptors (Lipinski definition) is 3. The number of hydrogen-bond donors (Lipinski definition) is 1. The first-order valence-corrected chi connectivity index (χ1v) is 5.92. The van der Waals surface area contributed by atoms with Crippen LogP contribution in [0.4, 0.5) is 0 Å². The topological polar surface area (TPSA) is 55.1 Å². The molecule has 0 fully saturated rings. The molecule has 1 heterocycles. The molecule has 3 rings (SSSR count). The van der Waals surface area contributed by atoms with Gasteiger partial charge in [-0.15, -0.1) is 0 Å². The summed E-state index contributed by atoms with van der Waals surface area (Å²) in [4.78, 5) is 12.3. The van der Waals surface area contributed by atoms with Crippen LogP contribution in [0.5, 0.6) is 5.75 Å². The van der Waals surface area contributed by atoms with E-state index < -0.39 is 0 Å². The van der Waals surface area contributed by atoms with Gasteiger partial charge in [-0.05, 0) is 12.1 Å². The van der Waals surface area contributed by atoms with Gasteiger partial charge in [-0.3, -0.25) is 9.48 Å². The van der Waals surface area contributed by atoms with Crippen molar-refractivity contribution in [1.82, 2.24) is 9.78 Å². The van der Waals surface area contributed by atoms with Gasteiger partial charge in [0.2, 0.25) is 0 Å². The second-order valence-electron chi connectivity index (χ2n) is 4.39. The molecular formula is C15H12N2O2. The summed E-state index contributed by atoms with van der Waals surface area (Å²) in [5.74, 6) is -0.205. The summed E-state index contributed by atoms with van der Waals surface area (Å²) < 4.78 is 1.61. The van der Waals surface area contributed by atoms with Gasteiger partial charge >= 0.3 is 0 Å². The van der Waals surface area contributed by atoms with Gasteiger partial charge in [-0.2, -0.15) is 5.10 Å². The maximum atomic E-state index is 12.3. The normalized spacial score (nSPS) is 10.8. The molecule has 0 aliphatic carbocycles. The number of phenols is 1. The zero-order valence-electron chi connectivity index (χ0n) is 10.4. The van der Waals surface area contributed by atoms with Crippen molar-refractivity contribution in [2.45, 2.75) is 0 Å². The molecule has 1 aromatic heterocycles. The second kappa shape index (κ2) is 4.24. The fourth-order valence-corrected chi connectivity index (χ4v) is 2.13. The van der Waals surface area contributed by atoms with Crippen LogP contribution in [0, 0.1) is 0 Å². The predicted molar refractivity (Wildman–Crippen MR) is 72.3 cm³/mol. The third-order valence-electron chi connectivity index (χ3n) is 3.06. The van der Waals surface area contributed by atoms with E-state index in [1.54, 1.807) is 54.3 Å². The number of nitrogens with zero attached hydrogens (tertiary/aromatic N) is 2. The van der Waals surface area contributed by atoms with Crippen molar-refractivity contribution >= 4 is 16.7 Å². The molecule has 4 heteroatoms. The van der Waals surface area contributed by atoms with Crippen molar-refractivity contribution in [2.24, 2.45) is 7.05 Å². The van der Waals surface area contributed by atoms with Gasteiger partial charge in [0.1, 0.15) is 5.75 Å². The molecule has 0 saturated carbocycles. The van der Waals surface area contributed by atoms with E-state index in [2.05, 4.69) is 5.10 Å². The largest absolute Gasteiger partial charge is 0.506 e. The highest BCUT2D eigenvalue weighted by Gasteiger charge is 2.16. The Hall–Kier alpha value is -2.62. The fourth-order valence-electron chi connectivity index (χ4n) is 2.13. The average molecular weight is 252 g/mol. The van der Waals surface area contributed by atoms with E-state index in [4.69, 9.17) is 0 Å². The van der Waals surface area contributed by atoms with E-state index in [1.165, 1.54) is 0 Å². The van der Waals surface area contributed by atoms with Gasteiger partial charge in [0.25, 0.3) is 0 Å². The number of fused-ring (bicyclic) bond motifs is 1. The van der Waals surface area contributed by atoms with Gasteiger partial charge in [0.05, 0.1) is 16.5 Å². The van der Waals surface area contributed by atoms with Gasteiger partial charge < -0.3 is 5.11 Å². The van der Waals surface area contributed by atoms with Crippen LogP contribution in [-0.2, 0) is 7.05 Å². The van der Waals surface area contributed by atoms with E-state index in [0.29, 0.717) is 22.0 Å². The molecule has 0 amide bonds. The van der Waals surface area contributed by atoms with Crippen molar-refractivity contribution in [2.75, 3.05) is 0 Å². The highest BCUT2D eigenvalue weighted by atomic mass is 16.3. The van der Waals surface area contributed by atoms with Crippen LogP contribution in [0.1, 0.15) is 15.9 Å². The molecule has 0 aliphatic heterocycles. The molecule has 94 valence electrons. The number of benzene rings is 2. The molecule has 0 bridgehead atoms. The van der Waals surface area contributed by atoms with Crippen LogP contribution >= 0.6 is 0 Å². The van der Waals surface area contributed by atoms with Crippen LogP contribution < -0.4 is 0 Å². The summed E-state index contributed by atoms with van der Waals surface area (Å²) in [5.41, 5.74) is 1.53. The minimum Gasteiger partial charge on any atom is -0.506 e. The van der Waals surface area contributed by atoms with Gasteiger partial charge in [-0.1, -0.05) is 30.3 Å². The number of aryl methyl sites for hydroxylation is 1. The van der Waals surface area contributed by atoms with Crippen LogP contribution in [0.15, 0.2) is 48.7 Å². The summed E-state index contributed by atoms with van der Waals surface area (Å²) in [5, 5.41) is 15.0. The van der Waals surface area contributed by atoms with Gasteiger partial charge in [-0.25, -0.2) is 0 Å². The monoisotopic (exact) mass is 252 g/mol. The molecule has 0 atom stereocenters. The Morgan fingerprint density at radius 2 is 1.89 bits per heavy atom. The van der Waals surface area contributed by atoms with Crippen LogP contribution in [0.3, 0.4) is 0 Å². The first-order chi connectivity index (χ1) is 9.16. The second-order valence-corrected chi connectivity index (χ2v) is 4.39. The summed E-state index contributed by atoms with van der Waals surface area (Å²) in [6.07, 6.45) is 1.70. The Labute approximate surface area is 109 Å². The van der Waals surface area contributed by atoms with E-state index >= 15 is 0 Å². The van der Waals surface area contributed by atoms with Crippen molar-refractivity contribution in [1.29, 1.82) is 0 Å². The number of rotatable bonds is 2. The third kappa shape index (κ3) is 1.87. The Bertz CT molecular complexity index is 760. The molecule has 2 aromatic carbocycles. The molecule has 0 aliphatic rings. The van der Waals surface area contributed by atoms with Gasteiger partial charge in [0, 0.05) is 18.8 Å². The molecular weight excluding hydrogens is 240 g/mol. The number of ketones is 1. The number of aromatic nitrogens is 2. The summed E-state index contributed by atoms with van der Waals surface area (Å²) in [6.45, 7) is 0. The summed E-state index contributed by atoms with van der Waals surface area (Å²) >= 11 is 0. The standard InChI is InChI=1S/C15H12N2O2/c1-17-9-12-13(16-17)8-7-11(15(12)19)14(18)10-5-3-2-4-6-10/h2-9,19H,1H3. The van der Waals surface area contributed by atoms with Crippen molar-refractivity contribution in [3.63, 3.8) is 0 Å². The number of carbonyl (C=O) groups excluding carboxylic acids is 1. The number of phenolic OH excluding ortho intramolecular Hbond substituents is 1. The van der Waals surface area contributed by atoms with Crippen LogP contribution in [-0.4, -0.2) is 20.7 Å². The summed E-state index contributed by atoms with van der Waals surface area (Å²) in [6, 6.07) is 12.3. The lowest BCUT2D eigenvalue weighted by Crippen LogP contribution is -2.01. The molecule has 0 saturated heterocycles. The lowest BCUT2D eigenvalue weighted by Gasteiger charge is -2.04. The molecule has 0 spiro atoms. The Morgan fingerprint density at radius 1 is 1.16 bits per heavy atom. The summed E-state index contributed by atoms with van der Waals surface area (Å²) in [7, 11) is 1.78. The van der Waals surface area contributed by atoms with Crippen LogP contribution in [0.2, 0.25) is 0 Å². The lowest BCUT2D eigenvalue weighted by atomic mass is 10.0. The smallest absolute Gasteiger partial charge is 0.196 e. The number of aromatic hydroxyl groups is 1. The maximum Gasteiger partial charge on any atom is 0.196 e. The predicted octanol–water partition coefficient (Wildman–Crippen LogP) is 2.51. The van der Waals surface area contributed by atoms with E-state index in [-0.39, 0.29) is 11.5 Å². The Kier molecular flexibility index (Phi) is 2.56. The molecule has 0 unspecified atom stereocenters. The minimum atomic E-state index is -0.191. The van der Waals surface area contributed by atoms with E-state index in [9.17, 15) is 9.90 Å². The third-order valence-corrected chi connectivity index (χ3v) is 3.06. The first-order valence-electron chi connectivity index (χ1n) is 5.92. The van der Waals surface area contributed by atoms with Crippen molar-refractivity contribution in [3.8, 4) is 5.75 Å². The van der Waals surface area contributed by atoms with Crippen molar-refractivity contribution in [3.05, 3.63) is 59.8 Å².